The van der Waals surface area contributed by atoms with Gasteiger partial charge >= 0.3 is 0 Å². The number of hydrogen-bond acceptors (Lipinski definition) is 6. The van der Waals surface area contributed by atoms with Crippen LogP contribution in [0.2, 0.25) is 0 Å². The highest BCUT2D eigenvalue weighted by atomic mass is 19.1. The van der Waals surface area contributed by atoms with E-state index >= 15 is 0 Å². The predicted octanol–water partition coefficient (Wildman–Crippen LogP) is 2.58. The number of nitrogens with zero attached hydrogens (tertiary/aromatic N) is 2. The normalized spacial score (nSPS) is 24.5. The SMILES string of the molecule is C=C/C(NC1C=C(NCC2CC2)n2ncc(/C=C3\CC(=O)NC3O)c2N1)=C(F)\C=C/CC. The topological polar surface area (TPSA) is 103 Å². The number of aromatic nitrogens is 2. The number of aliphatic hydroxyl groups excluding tert-OH is 1. The molecule has 0 bridgehead atoms. The molecule has 9 heteroatoms. The molecule has 1 saturated carbocycles. The highest BCUT2D eigenvalue weighted by Crippen LogP contribution is 2.31. The lowest BCUT2D eigenvalue weighted by Crippen LogP contribution is -2.40. The second-order valence-electron chi connectivity index (χ2n) is 8.15. The molecule has 2 atom stereocenters. The van der Waals surface area contributed by atoms with Gasteiger partial charge in [-0.1, -0.05) is 19.6 Å². The van der Waals surface area contributed by atoms with E-state index in [1.807, 2.05) is 13.0 Å². The number of amides is 1. The standard InChI is InChI=1S/C23H29FN6O2/c1-3-5-6-17(24)18(4-2)27-19-11-20(25-12-14-7-8-14)30-22(28-19)16(13-26-30)9-15-10-21(31)29-23(15)32/h4-6,9,11,13-14,19,23,25,27-28,32H,2-3,7-8,10,12H2,1H3,(H,29,31)/b6-5-,15-9+,18-17-. The van der Waals surface area contributed by atoms with Gasteiger partial charge in [0.1, 0.15) is 29.9 Å². The zero-order valence-corrected chi connectivity index (χ0v) is 18.1. The van der Waals surface area contributed by atoms with Gasteiger partial charge in [-0.3, -0.25) is 4.79 Å². The number of hydrogen-bond donors (Lipinski definition) is 5. The lowest BCUT2D eigenvalue weighted by Gasteiger charge is -2.28. The van der Waals surface area contributed by atoms with E-state index in [0.717, 1.165) is 24.4 Å². The summed E-state index contributed by atoms with van der Waals surface area (Å²) >= 11 is 0. The van der Waals surface area contributed by atoms with E-state index in [1.54, 1.807) is 23.0 Å². The lowest BCUT2D eigenvalue weighted by atomic mass is 10.1. The summed E-state index contributed by atoms with van der Waals surface area (Å²) in [6.07, 6.45) is 11.8. The third kappa shape index (κ3) is 4.94. The van der Waals surface area contributed by atoms with Crippen LogP contribution in [-0.2, 0) is 4.79 Å². The number of halogens is 1. The molecular formula is C23H29FN6O2. The largest absolute Gasteiger partial charge is 0.370 e. The Bertz CT molecular complexity index is 1020. The average molecular weight is 441 g/mol. The minimum absolute atomic E-state index is 0.133. The molecule has 2 aliphatic heterocycles. The molecule has 1 aliphatic carbocycles. The average Bonchev–Trinajstić information content (AvgIpc) is 3.44. The van der Waals surface area contributed by atoms with Gasteiger partial charge in [-0.15, -0.1) is 0 Å². The minimum Gasteiger partial charge on any atom is -0.370 e. The molecule has 2 fully saturated rings. The number of carbonyl (C=O) groups excluding carboxylic acids is 1. The van der Waals surface area contributed by atoms with Gasteiger partial charge in [0.25, 0.3) is 0 Å². The molecular weight excluding hydrogens is 411 g/mol. The smallest absolute Gasteiger partial charge is 0.226 e. The Labute approximate surface area is 186 Å². The molecule has 5 N–H and O–H groups in total. The first-order valence-electron chi connectivity index (χ1n) is 10.9. The summed E-state index contributed by atoms with van der Waals surface area (Å²) in [6.45, 7) is 6.50. The van der Waals surface area contributed by atoms with E-state index in [4.69, 9.17) is 0 Å². The fourth-order valence-corrected chi connectivity index (χ4v) is 3.61. The Morgan fingerprint density at radius 2 is 2.25 bits per heavy atom. The van der Waals surface area contributed by atoms with E-state index in [0.29, 0.717) is 17.3 Å². The Morgan fingerprint density at radius 3 is 2.91 bits per heavy atom. The number of carbonyl (C=O) groups is 1. The second kappa shape index (κ2) is 9.44. The molecule has 3 heterocycles. The maximum Gasteiger partial charge on any atom is 0.226 e. The molecule has 32 heavy (non-hydrogen) atoms. The third-order valence-electron chi connectivity index (χ3n) is 5.54. The van der Waals surface area contributed by atoms with Crippen molar-refractivity contribution in [3.63, 3.8) is 0 Å². The molecule has 3 aliphatic rings. The quantitative estimate of drug-likeness (QED) is 0.378. The second-order valence-corrected chi connectivity index (χ2v) is 8.15. The van der Waals surface area contributed by atoms with Crippen molar-refractivity contribution in [1.29, 1.82) is 0 Å². The van der Waals surface area contributed by atoms with Crippen LogP contribution < -0.4 is 21.3 Å². The maximum absolute atomic E-state index is 14.5. The summed E-state index contributed by atoms with van der Waals surface area (Å²) in [5.74, 6) is 1.49. The molecule has 1 amide bonds. The number of fused-ring (bicyclic) bond motifs is 1. The zero-order chi connectivity index (χ0) is 22.7. The van der Waals surface area contributed by atoms with E-state index in [1.165, 1.54) is 25.0 Å². The van der Waals surface area contributed by atoms with Gasteiger partial charge in [0.15, 0.2) is 0 Å². The summed E-state index contributed by atoms with van der Waals surface area (Å²) < 4.78 is 16.3. The Hall–Kier alpha value is -3.33. The Morgan fingerprint density at radius 1 is 1.44 bits per heavy atom. The van der Waals surface area contributed by atoms with Crippen LogP contribution in [-0.4, -0.2) is 39.7 Å². The number of nitrogens with one attached hydrogen (secondary N) is 4. The summed E-state index contributed by atoms with van der Waals surface area (Å²) in [6, 6.07) is 0. The van der Waals surface area contributed by atoms with Gasteiger partial charge in [0.2, 0.25) is 5.91 Å². The highest BCUT2D eigenvalue weighted by molar-refractivity contribution is 5.85. The first-order chi connectivity index (χ1) is 15.5. The van der Waals surface area contributed by atoms with Crippen molar-refractivity contribution in [2.45, 2.75) is 45.0 Å². The van der Waals surface area contributed by atoms with Gasteiger partial charge in [0, 0.05) is 18.2 Å². The molecule has 4 rings (SSSR count). The van der Waals surface area contributed by atoms with Crippen molar-refractivity contribution in [3.8, 4) is 0 Å². The molecule has 0 spiro atoms. The summed E-state index contributed by atoms with van der Waals surface area (Å²) in [4.78, 5) is 11.6. The van der Waals surface area contributed by atoms with Crippen molar-refractivity contribution in [2.75, 3.05) is 11.9 Å². The first kappa shape index (κ1) is 21.9. The van der Waals surface area contributed by atoms with Crippen LogP contribution in [0.5, 0.6) is 0 Å². The Balaban J connectivity index is 1.62. The number of allylic oxidation sites excluding steroid dienone is 4. The van der Waals surface area contributed by atoms with Crippen LogP contribution in [0, 0.1) is 5.92 Å². The summed E-state index contributed by atoms with van der Waals surface area (Å²) in [7, 11) is 0. The van der Waals surface area contributed by atoms with Crippen LogP contribution in [0.4, 0.5) is 10.2 Å². The lowest BCUT2D eigenvalue weighted by molar-refractivity contribution is -0.120. The van der Waals surface area contributed by atoms with Crippen LogP contribution >= 0.6 is 0 Å². The molecule has 2 unspecified atom stereocenters. The molecule has 8 nitrogen and oxygen atoms in total. The van der Waals surface area contributed by atoms with E-state index in [2.05, 4.69) is 32.9 Å². The van der Waals surface area contributed by atoms with Crippen molar-refractivity contribution < 1.29 is 14.3 Å². The van der Waals surface area contributed by atoms with Crippen LogP contribution in [0.15, 0.2) is 54.2 Å². The zero-order valence-electron chi connectivity index (χ0n) is 18.1. The molecule has 1 saturated heterocycles. The molecule has 1 aromatic heterocycles. The van der Waals surface area contributed by atoms with E-state index in [-0.39, 0.29) is 18.0 Å². The minimum atomic E-state index is -1.01. The van der Waals surface area contributed by atoms with Crippen molar-refractivity contribution >= 4 is 23.6 Å². The maximum atomic E-state index is 14.5. The highest BCUT2D eigenvalue weighted by Gasteiger charge is 2.28. The summed E-state index contributed by atoms with van der Waals surface area (Å²) in [5.41, 5.74) is 1.57. The first-order valence-corrected chi connectivity index (χ1v) is 10.9. The van der Waals surface area contributed by atoms with Crippen molar-refractivity contribution in [2.24, 2.45) is 5.92 Å². The number of rotatable bonds is 9. The van der Waals surface area contributed by atoms with Crippen molar-refractivity contribution in [1.82, 2.24) is 25.7 Å². The fourth-order valence-electron chi connectivity index (χ4n) is 3.61. The summed E-state index contributed by atoms with van der Waals surface area (Å²) in [5, 5.41) is 26.9. The number of anilines is 1. The van der Waals surface area contributed by atoms with E-state index < -0.39 is 18.2 Å². The number of aliphatic hydroxyl groups is 1. The van der Waals surface area contributed by atoms with Gasteiger partial charge < -0.3 is 26.4 Å². The van der Waals surface area contributed by atoms with Crippen LogP contribution in [0.25, 0.3) is 11.9 Å². The van der Waals surface area contributed by atoms with Gasteiger partial charge in [-0.25, -0.2) is 9.07 Å². The van der Waals surface area contributed by atoms with Gasteiger partial charge in [0.05, 0.1) is 18.3 Å². The van der Waals surface area contributed by atoms with Crippen molar-refractivity contribution in [3.05, 3.63) is 59.7 Å². The van der Waals surface area contributed by atoms with Crippen LogP contribution in [0.3, 0.4) is 0 Å². The van der Waals surface area contributed by atoms with Gasteiger partial charge in [-0.2, -0.15) is 5.10 Å². The third-order valence-corrected chi connectivity index (χ3v) is 5.54. The van der Waals surface area contributed by atoms with Crippen LogP contribution in [0.1, 0.15) is 38.2 Å². The fraction of sp³-hybridized carbons (Fsp3) is 0.391. The monoisotopic (exact) mass is 440 g/mol. The molecule has 170 valence electrons. The predicted molar refractivity (Wildman–Crippen MR) is 122 cm³/mol. The molecule has 0 aromatic carbocycles. The van der Waals surface area contributed by atoms with Gasteiger partial charge in [-0.05, 0) is 49.0 Å². The molecule has 0 radical (unpaired) electrons. The molecule has 1 aromatic rings. The Kier molecular flexibility index (Phi) is 6.45. The van der Waals surface area contributed by atoms with E-state index in [9.17, 15) is 14.3 Å².